The molecule has 98 valence electrons. The lowest BCUT2D eigenvalue weighted by Crippen LogP contribution is -2.40. The van der Waals surface area contributed by atoms with Crippen LogP contribution in [-0.2, 0) is 4.79 Å². The molecule has 0 aliphatic carbocycles. The summed E-state index contributed by atoms with van der Waals surface area (Å²) in [7, 11) is 0. The van der Waals surface area contributed by atoms with Crippen molar-refractivity contribution in [3.05, 3.63) is 11.4 Å². The summed E-state index contributed by atoms with van der Waals surface area (Å²) in [6.07, 6.45) is 2.19. The first-order chi connectivity index (χ1) is 8.58. The molecule has 18 heavy (non-hydrogen) atoms. The Hall–Kier alpha value is -1.72. The van der Waals surface area contributed by atoms with Crippen LogP contribution in [-0.4, -0.2) is 45.1 Å². The maximum Gasteiger partial charge on any atom is 0.244 e. The summed E-state index contributed by atoms with van der Waals surface area (Å²) in [5.41, 5.74) is 1.63. The molecule has 6 heteroatoms. The average molecular weight is 249 g/mol. The first-order valence-electron chi connectivity index (χ1n) is 6.31. The van der Waals surface area contributed by atoms with Gasteiger partial charge in [-0.15, -0.1) is 5.10 Å². The second-order valence-corrected chi connectivity index (χ2v) is 4.70. The number of hydrogen-bond acceptors (Lipinski definition) is 5. The van der Waals surface area contributed by atoms with Crippen molar-refractivity contribution in [3.8, 4) is 0 Å². The predicted molar refractivity (Wildman–Crippen MR) is 68.2 cm³/mol. The highest BCUT2D eigenvalue weighted by atomic mass is 16.2. The number of anilines is 1. The highest BCUT2D eigenvalue weighted by molar-refractivity contribution is 5.83. The first-order valence-corrected chi connectivity index (χ1v) is 6.31. The van der Waals surface area contributed by atoms with Crippen LogP contribution in [0.3, 0.4) is 0 Å². The molecule has 1 aliphatic heterocycles. The molecule has 1 unspecified atom stereocenters. The van der Waals surface area contributed by atoms with Crippen molar-refractivity contribution in [2.45, 2.75) is 39.7 Å². The highest BCUT2D eigenvalue weighted by Crippen LogP contribution is 2.11. The summed E-state index contributed by atoms with van der Waals surface area (Å²) in [6.45, 7) is 7.28. The van der Waals surface area contributed by atoms with Gasteiger partial charge in [0.05, 0.1) is 11.4 Å². The normalized spacial score (nSPS) is 16.7. The van der Waals surface area contributed by atoms with Crippen molar-refractivity contribution >= 4 is 11.9 Å². The molecule has 1 amide bonds. The van der Waals surface area contributed by atoms with Crippen LogP contribution in [0.2, 0.25) is 0 Å². The minimum atomic E-state index is -0.313. The van der Waals surface area contributed by atoms with Crippen LogP contribution in [0.5, 0.6) is 0 Å². The number of nitrogens with zero attached hydrogens (tertiary/aromatic N) is 4. The van der Waals surface area contributed by atoms with E-state index in [2.05, 4.69) is 20.5 Å². The van der Waals surface area contributed by atoms with Gasteiger partial charge in [0.2, 0.25) is 11.9 Å². The first kappa shape index (κ1) is 12.7. The molecule has 1 fully saturated rings. The zero-order valence-electron chi connectivity index (χ0n) is 11.1. The molecule has 0 saturated carbocycles. The summed E-state index contributed by atoms with van der Waals surface area (Å²) in [5, 5.41) is 10.9. The Balaban J connectivity index is 1.99. The van der Waals surface area contributed by atoms with Crippen LogP contribution < -0.4 is 5.32 Å². The van der Waals surface area contributed by atoms with E-state index in [-0.39, 0.29) is 11.9 Å². The molecule has 0 bridgehead atoms. The Labute approximate surface area is 107 Å². The lowest BCUT2D eigenvalue weighted by Gasteiger charge is -2.20. The smallest absolute Gasteiger partial charge is 0.244 e. The molecule has 0 aromatic carbocycles. The standard InChI is InChI=1S/C12H19N5O/c1-8-9(2)15-16-12(13-8)14-10(3)11(18)17-6-4-5-7-17/h10H,4-7H2,1-3H3,(H,13,14,16). The third-order valence-corrected chi connectivity index (χ3v) is 3.23. The number of aryl methyl sites for hydroxylation is 2. The van der Waals surface area contributed by atoms with Crippen molar-refractivity contribution in [1.82, 2.24) is 20.1 Å². The summed E-state index contributed by atoms with van der Waals surface area (Å²) in [4.78, 5) is 18.2. The van der Waals surface area contributed by atoms with Crippen LogP contribution in [0, 0.1) is 13.8 Å². The zero-order chi connectivity index (χ0) is 13.1. The van der Waals surface area contributed by atoms with Gasteiger partial charge in [-0.1, -0.05) is 0 Å². The number of aromatic nitrogens is 3. The van der Waals surface area contributed by atoms with Gasteiger partial charge in [0.25, 0.3) is 0 Å². The minimum absolute atomic E-state index is 0.106. The van der Waals surface area contributed by atoms with E-state index < -0.39 is 0 Å². The lowest BCUT2D eigenvalue weighted by molar-refractivity contribution is -0.130. The Morgan fingerprint density at radius 2 is 1.89 bits per heavy atom. The average Bonchev–Trinajstić information content (AvgIpc) is 2.86. The molecular formula is C12H19N5O. The second-order valence-electron chi connectivity index (χ2n) is 4.70. The van der Waals surface area contributed by atoms with Crippen molar-refractivity contribution in [1.29, 1.82) is 0 Å². The predicted octanol–water partition coefficient (Wildman–Crippen LogP) is 0.911. The molecule has 2 heterocycles. The fourth-order valence-corrected chi connectivity index (χ4v) is 1.98. The van der Waals surface area contributed by atoms with E-state index >= 15 is 0 Å². The summed E-state index contributed by atoms with van der Waals surface area (Å²) in [5.74, 6) is 0.521. The molecule has 2 rings (SSSR count). The molecule has 1 atom stereocenters. The van der Waals surface area contributed by atoms with Gasteiger partial charge in [-0.05, 0) is 33.6 Å². The Morgan fingerprint density at radius 1 is 1.22 bits per heavy atom. The van der Waals surface area contributed by atoms with Crippen molar-refractivity contribution in [3.63, 3.8) is 0 Å². The molecule has 0 spiro atoms. The fraction of sp³-hybridized carbons (Fsp3) is 0.667. The van der Waals surface area contributed by atoms with E-state index in [1.54, 1.807) is 0 Å². The van der Waals surface area contributed by atoms with Crippen LogP contribution in [0.1, 0.15) is 31.2 Å². The topological polar surface area (TPSA) is 71.0 Å². The van der Waals surface area contributed by atoms with Crippen molar-refractivity contribution in [2.24, 2.45) is 0 Å². The molecule has 1 aromatic heterocycles. The van der Waals surface area contributed by atoms with Gasteiger partial charge in [-0.25, -0.2) is 4.98 Å². The third-order valence-electron chi connectivity index (χ3n) is 3.23. The van der Waals surface area contributed by atoms with Gasteiger partial charge in [-0.3, -0.25) is 4.79 Å². The van der Waals surface area contributed by atoms with Crippen molar-refractivity contribution in [2.75, 3.05) is 18.4 Å². The lowest BCUT2D eigenvalue weighted by atomic mass is 10.3. The number of likely N-dealkylation sites (tertiary alicyclic amines) is 1. The fourth-order valence-electron chi connectivity index (χ4n) is 1.98. The number of nitrogens with one attached hydrogen (secondary N) is 1. The molecule has 6 nitrogen and oxygen atoms in total. The third kappa shape index (κ3) is 2.75. The molecule has 0 radical (unpaired) electrons. The number of carbonyl (C=O) groups excluding carboxylic acids is 1. The highest BCUT2D eigenvalue weighted by Gasteiger charge is 2.23. The molecule has 1 aromatic rings. The van der Waals surface area contributed by atoms with Gasteiger partial charge in [0.1, 0.15) is 6.04 Å². The number of carbonyl (C=O) groups is 1. The van der Waals surface area contributed by atoms with Crippen LogP contribution >= 0.6 is 0 Å². The Morgan fingerprint density at radius 3 is 2.50 bits per heavy atom. The number of amides is 1. The summed E-state index contributed by atoms with van der Waals surface area (Å²) >= 11 is 0. The van der Waals surface area contributed by atoms with Gasteiger partial charge in [0, 0.05) is 13.1 Å². The van der Waals surface area contributed by atoms with Crippen molar-refractivity contribution < 1.29 is 4.79 Å². The number of hydrogen-bond donors (Lipinski definition) is 1. The number of rotatable bonds is 3. The van der Waals surface area contributed by atoms with E-state index in [1.165, 1.54) is 0 Å². The minimum Gasteiger partial charge on any atom is -0.341 e. The Kier molecular flexibility index (Phi) is 3.74. The summed E-state index contributed by atoms with van der Waals surface area (Å²) in [6, 6.07) is -0.313. The maximum absolute atomic E-state index is 12.1. The van der Waals surface area contributed by atoms with E-state index in [0.717, 1.165) is 37.3 Å². The van der Waals surface area contributed by atoms with E-state index in [9.17, 15) is 4.79 Å². The molecule has 1 N–H and O–H groups in total. The molecule has 1 saturated heterocycles. The van der Waals surface area contributed by atoms with Crippen LogP contribution in [0.15, 0.2) is 0 Å². The maximum atomic E-state index is 12.1. The quantitative estimate of drug-likeness (QED) is 0.862. The van der Waals surface area contributed by atoms with Crippen LogP contribution in [0.25, 0.3) is 0 Å². The van der Waals surface area contributed by atoms with Gasteiger partial charge >= 0.3 is 0 Å². The zero-order valence-corrected chi connectivity index (χ0v) is 11.1. The van der Waals surface area contributed by atoms with Gasteiger partial charge in [-0.2, -0.15) is 5.10 Å². The molecule has 1 aliphatic rings. The van der Waals surface area contributed by atoms with Gasteiger partial charge in [0.15, 0.2) is 0 Å². The largest absolute Gasteiger partial charge is 0.341 e. The monoisotopic (exact) mass is 249 g/mol. The molecular weight excluding hydrogens is 230 g/mol. The van der Waals surface area contributed by atoms with E-state index in [0.29, 0.717) is 5.95 Å². The van der Waals surface area contributed by atoms with E-state index in [1.807, 2.05) is 25.7 Å². The summed E-state index contributed by atoms with van der Waals surface area (Å²) < 4.78 is 0. The second kappa shape index (κ2) is 5.29. The van der Waals surface area contributed by atoms with Crippen LogP contribution in [0.4, 0.5) is 5.95 Å². The SMILES string of the molecule is Cc1nnc(NC(C)C(=O)N2CCCC2)nc1C. The van der Waals surface area contributed by atoms with E-state index in [4.69, 9.17) is 0 Å². The Bertz CT molecular complexity index is 442. The van der Waals surface area contributed by atoms with Gasteiger partial charge < -0.3 is 10.2 Å².